The van der Waals surface area contributed by atoms with Gasteiger partial charge in [0.1, 0.15) is 13.2 Å². The zero-order valence-electron chi connectivity index (χ0n) is 12.8. The number of carbonyl (C=O) groups is 1. The van der Waals surface area contributed by atoms with E-state index in [1.165, 1.54) is 0 Å². The number of ether oxygens (including phenoxy) is 2. The van der Waals surface area contributed by atoms with Gasteiger partial charge < -0.3 is 20.1 Å². The Morgan fingerprint density at radius 2 is 1.83 bits per heavy atom. The van der Waals surface area contributed by atoms with Crippen LogP contribution in [0.15, 0.2) is 36.4 Å². The number of urea groups is 1. The van der Waals surface area contributed by atoms with Gasteiger partial charge in [-0.05, 0) is 42.3 Å². The summed E-state index contributed by atoms with van der Waals surface area (Å²) in [5, 5.41) is 6.40. The molecule has 0 saturated carbocycles. The molecule has 3 rings (SSSR count). The van der Waals surface area contributed by atoms with Gasteiger partial charge in [-0.2, -0.15) is 0 Å². The highest BCUT2D eigenvalue weighted by atomic mass is 35.5. The van der Waals surface area contributed by atoms with Crippen molar-refractivity contribution in [1.82, 2.24) is 5.32 Å². The third kappa shape index (κ3) is 4.24. The number of fused-ring (bicyclic) bond motifs is 1. The number of nitrogens with one attached hydrogen (secondary N) is 2. The van der Waals surface area contributed by atoms with Gasteiger partial charge in [0.25, 0.3) is 0 Å². The molecule has 5 nitrogen and oxygen atoms in total. The van der Waals surface area contributed by atoms with Crippen molar-refractivity contribution in [3.8, 4) is 11.5 Å². The second kappa shape index (κ2) is 7.64. The van der Waals surface area contributed by atoms with Gasteiger partial charge in [0.05, 0.1) is 10.7 Å². The van der Waals surface area contributed by atoms with Crippen molar-refractivity contribution in [3.05, 3.63) is 52.0 Å². The lowest BCUT2D eigenvalue weighted by atomic mass is 10.1. The maximum absolute atomic E-state index is 11.9. The zero-order chi connectivity index (χ0) is 16.9. The summed E-state index contributed by atoms with van der Waals surface area (Å²) in [5.41, 5.74) is 1.53. The van der Waals surface area contributed by atoms with Crippen LogP contribution in [0, 0.1) is 0 Å². The summed E-state index contributed by atoms with van der Waals surface area (Å²) in [6, 6.07) is 10.3. The average Bonchev–Trinajstić information content (AvgIpc) is 2.58. The Balaban J connectivity index is 1.51. The fraction of sp³-hybridized carbons (Fsp3) is 0.235. The molecule has 0 bridgehead atoms. The van der Waals surface area contributed by atoms with Crippen LogP contribution < -0.4 is 20.1 Å². The highest BCUT2D eigenvalue weighted by molar-refractivity contribution is 6.35. The summed E-state index contributed by atoms with van der Waals surface area (Å²) >= 11 is 11.9. The van der Waals surface area contributed by atoms with E-state index in [1.807, 2.05) is 18.2 Å². The van der Waals surface area contributed by atoms with Crippen LogP contribution in [0.25, 0.3) is 0 Å². The van der Waals surface area contributed by atoms with Gasteiger partial charge in [-0.1, -0.05) is 29.3 Å². The Hall–Kier alpha value is -2.11. The molecule has 24 heavy (non-hydrogen) atoms. The van der Waals surface area contributed by atoms with Crippen LogP contribution in [-0.4, -0.2) is 25.8 Å². The molecule has 0 atom stereocenters. The topological polar surface area (TPSA) is 59.6 Å². The van der Waals surface area contributed by atoms with Crippen LogP contribution >= 0.6 is 23.2 Å². The first kappa shape index (κ1) is 16.7. The number of amides is 2. The van der Waals surface area contributed by atoms with Gasteiger partial charge in [0.2, 0.25) is 0 Å². The summed E-state index contributed by atoms with van der Waals surface area (Å²) in [6.45, 7) is 1.60. The van der Waals surface area contributed by atoms with E-state index in [1.54, 1.807) is 18.2 Å². The molecule has 0 radical (unpaired) electrons. The van der Waals surface area contributed by atoms with Gasteiger partial charge >= 0.3 is 6.03 Å². The first-order valence-corrected chi connectivity index (χ1v) is 8.26. The van der Waals surface area contributed by atoms with Gasteiger partial charge in [0, 0.05) is 11.6 Å². The van der Waals surface area contributed by atoms with Crippen LogP contribution in [0.1, 0.15) is 5.56 Å². The molecule has 1 aliphatic rings. The average molecular weight is 367 g/mol. The van der Waals surface area contributed by atoms with E-state index in [0.717, 1.165) is 17.1 Å². The molecule has 0 fully saturated rings. The van der Waals surface area contributed by atoms with Crippen molar-refractivity contribution in [3.63, 3.8) is 0 Å². The van der Waals surface area contributed by atoms with E-state index in [4.69, 9.17) is 32.7 Å². The fourth-order valence-corrected chi connectivity index (χ4v) is 2.66. The molecule has 1 heterocycles. The smallest absolute Gasteiger partial charge is 0.319 e. The lowest BCUT2D eigenvalue weighted by Gasteiger charge is -2.18. The van der Waals surface area contributed by atoms with Crippen molar-refractivity contribution >= 4 is 34.9 Å². The Labute approximate surface area is 149 Å². The lowest BCUT2D eigenvalue weighted by molar-refractivity contribution is 0.171. The van der Waals surface area contributed by atoms with Crippen LogP contribution in [0.5, 0.6) is 11.5 Å². The molecular formula is C17H16Cl2N2O3. The van der Waals surface area contributed by atoms with E-state index in [0.29, 0.717) is 41.9 Å². The van der Waals surface area contributed by atoms with Gasteiger partial charge in [-0.15, -0.1) is 0 Å². The minimum absolute atomic E-state index is 0.336. The number of hydrogen-bond donors (Lipinski definition) is 2. The molecule has 2 amide bonds. The largest absolute Gasteiger partial charge is 0.486 e. The summed E-state index contributed by atoms with van der Waals surface area (Å²) in [4.78, 5) is 11.9. The molecule has 0 unspecified atom stereocenters. The van der Waals surface area contributed by atoms with Crippen LogP contribution in [-0.2, 0) is 6.42 Å². The second-order valence-electron chi connectivity index (χ2n) is 5.23. The Morgan fingerprint density at radius 1 is 1.04 bits per heavy atom. The predicted molar refractivity (Wildman–Crippen MR) is 94.6 cm³/mol. The minimum Gasteiger partial charge on any atom is -0.486 e. The predicted octanol–water partition coefficient (Wildman–Crippen LogP) is 4.13. The van der Waals surface area contributed by atoms with E-state index in [2.05, 4.69) is 10.6 Å². The molecule has 0 spiro atoms. The van der Waals surface area contributed by atoms with Crippen LogP contribution in [0.2, 0.25) is 10.0 Å². The number of carbonyl (C=O) groups excluding carboxylic acids is 1. The number of anilines is 1. The molecule has 1 aliphatic heterocycles. The standard InChI is InChI=1S/C17H16Cl2N2O3/c18-12-2-3-13(19)14(10-12)21-17(22)20-6-5-11-1-4-15-16(9-11)24-8-7-23-15/h1-4,9-10H,5-8H2,(H2,20,21,22). The van der Waals surface area contributed by atoms with Crippen LogP contribution in [0.3, 0.4) is 0 Å². The van der Waals surface area contributed by atoms with Gasteiger partial charge in [-0.25, -0.2) is 4.79 Å². The van der Waals surface area contributed by atoms with Crippen molar-refractivity contribution in [2.75, 3.05) is 25.1 Å². The number of hydrogen-bond acceptors (Lipinski definition) is 3. The molecule has 0 aliphatic carbocycles. The molecule has 7 heteroatoms. The highest BCUT2D eigenvalue weighted by Crippen LogP contribution is 2.30. The maximum atomic E-state index is 11.9. The minimum atomic E-state index is -0.336. The highest BCUT2D eigenvalue weighted by Gasteiger charge is 2.12. The Kier molecular flexibility index (Phi) is 5.33. The normalized spacial score (nSPS) is 12.6. The SMILES string of the molecule is O=C(NCCc1ccc2c(c1)OCCO2)Nc1cc(Cl)ccc1Cl. The fourth-order valence-electron chi connectivity index (χ4n) is 2.32. The van der Waals surface area contributed by atoms with Gasteiger partial charge in [0.15, 0.2) is 11.5 Å². The monoisotopic (exact) mass is 366 g/mol. The molecule has 2 N–H and O–H groups in total. The van der Waals surface area contributed by atoms with Crippen molar-refractivity contribution in [2.24, 2.45) is 0 Å². The van der Waals surface area contributed by atoms with E-state index in [9.17, 15) is 4.79 Å². The third-order valence-electron chi connectivity index (χ3n) is 3.48. The summed E-state index contributed by atoms with van der Waals surface area (Å²) in [5.74, 6) is 1.50. The van der Waals surface area contributed by atoms with Gasteiger partial charge in [-0.3, -0.25) is 0 Å². The first-order chi connectivity index (χ1) is 11.6. The number of benzene rings is 2. The number of rotatable bonds is 4. The molecule has 126 valence electrons. The second-order valence-corrected chi connectivity index (χ2v) is 6.08. The molecule has 2 aromatic rings. The van der Waals surface area contributed by atoms with Crippen molar-refractivity contribution < 1.29 is 14.3 Å². The Bertz CT molecular complexity index is 753. The lowest BCUT2D eigenvalue weighted by Crippen LogP contribution is -2.30. The number of halogens is 2. The van der Waals surface area contributed by atoms with Crippen molar-refractivity contribution in [1.29, 1.82) is 0 Å². The first-order valence-electron chi connectivity index (χ1n) is 7.50. The molecule has 0 saturated heterocycles. The maximum Gasteiger partial charge on any atom is 0.319 e. The summed E-state index contributed by atoms with van der Waals surface area (Å²) in [7, 11) is 0. The Morgan fingerprint density at radius 3 is 2.67 bits per heavy atom. The van der Waals surface area contributed by atoms with Crippen molar-refractivity contribution in [2.45, 2.75) is 6.42 Å². The molecule has 0 aromatic heterocycles. The van der Waals surface area contributed by atoms with Crippen LogP contribution in [0.4, 0.5) is 10.5 Å². The van der Waals surface area contributed by atoms with E-state index < -0.39 is 0 Å². The molecular weight excluding hydrogens is 351 g/mol. The summed E-state index contributed by atoms with van der Waals surface area (Å²) in [6.07, 6.45) is 0.674. The zero-order valence-corrected chi connectivity index (χ0v) is 14.3. The molecule has 2 aromatic carbocycles. The van der Waals surface area contributed by atoms with E-state index in [-0.39, 0.29) is 6.03 Å². The summed E-state index contributed by atoms with van der Waals surface area (Å²) < 4.78 is 11.0. The third-order valence-corrected chi connectivity index (χ3v) is 4.05. The quantitative estimate of drug-likeness (QED) is 0.854. The van der Waals surface area contributed by atoms with E-state index >= 15 is 0 Å².